The van der Waals surface area contributed by atoms with Crippen molar-refractivity contribution in [1.82, 2.24) is 14.9 Å². The Balaban J connectivity index is 1.37. The van der Waals surface area contributed by atoms with Crippen LogP contribution in [0, 0.1) is 0 Å². The molecule has 0 unspecified atom stereocenters. The van der Waals surface area contributed by atoms with Gasteiger partial charge in [-0.2, -0.15) is 4.98 Å². The number of likely N-dealkylation sites (tertiary alicyclic amines) is 1. The third-order valence-corrected chi connectivity index (χ3v) is 5.70. The second-order valence-corrected chi connectivity index (χ2v) is 8.42. The van der Waals surface area contributed by atoms with E-state index in [9.17, 15) is 9.90 Å². The number of phenolic OH excluding ortho intramolecular Hbond substituents is 1. The molecular weight excluding hydrogens is 472 g/mol. The second-order valence-electron chi connectivity index (χ2n) is 7.57. The largest absolute Gasteiger partial charge is 0.508 e. The first-order valence-corrected chi connectivity index (χ1v) is 11.3. The van der Waals surface area contributed by atoms with Crippen LogP contribution in [-0.4, -0.2) is 45.6 Å². The van der Waals surface area contributed by atoms with Crippen molar-refractivity contribution in [2.45, 2.75) is 19.3 Å². The predicted molar refractivity (Wildman–Crippen MR) is 130 cm³/mol. The molecule has 2 aromatic carbocycles. The van der Waals surface area contributed by atoms with E-state index in [2.05, 4.69) is 41.8 Å². The third-order valence-electron chi connectivity index (χ3n) is 5.12. The lowest BCUT2D eigenvalue weighted by Crippen LogP contribution is -2.32. The minimum absolute atomic E-state index is 0.0715. The van der Waals surface area contributed by atoms with Gasteiger partial charge in [0.25, 0.3) is 0 Å². The molecule has 1 aliphatic heterocycles. The Bertz CT molecular complexity index is 1090. The lowest BCUT2D eigenvalue weighted by atomic mass is 10.1. The number of urea groups is 1. The number of benzene rings is 2. The van der Waals surface area contributed by atoms with Gasteiger partial charge in [0, 0.05) is 37.2 Å². The Hall–Kier alpha value is -3.33. The smallest absolute Gasteiger partial charge is 0.321 e. The number of amides is 2. The molecule has 2 heterocycles. The highest BCUT2D eigenvalue weighted by molar-refractivity contribution is 9.10. The predicted octanol–water partition coefficient (Wildman–Crippen LogP) is 4.97. The zero-order valence-corrected chi connectivity index (χ0v) is 19.1. The highest BCUT2D eigenvalue weighted by Crippen LogP contribution is 2.24. The molecule has 32 heavy (non-hydrogen) atoms. The van der Waals surface area contributed by atoms with Gasteiger partial charge in [-0.1, -0.05) is 18.2 Å². The van der Waals surface area contributed by atoms with Crippen molar-refractivity contribution in [1.29, 1.82) is 0 Å². The average molecular weight is 497 g/mol. The zero-order valence-electron chi connectivity index (χ0n) is 17.5. The highest BCUT2D eigenvalue weighted by Gasteiger charge is 2.17. The summed E-state index contributed by atoms with van der Waals surface area (Å²) < 4.78 is 0.755. The summed E-state index contributed by atoms with van der Waals surface area (Å²) >= 11 is 3.48. The molecule has 0 aliphatic carbocycles. The van der Waals surface area contributed by atoms with Crippen LogP contribution in [0.4, 0.5) is 27.9 Å². The standard InChI is InChI=1S/C23H25BrN6O2/c24-20-15-26-22(29-21(20)25-10-9-16-5-3-8-19(31)13-16)27-17-6-4-7-18(14-17)28-23(32)30-11-1-2-12-30/h3-8,13-15,31H,1-2,9-12H2,(H,28,32)(H2,25,26,27,29). The summed E-state index contributed by atoms with van der Waals surface area (Å²) in [5, 5.41) is 19.0. The topological polar surface area (TPSA) is 102 Å². The number of carbonyl (C=O) groups excluding carboxylic acids is 1. The fourth-order valence-electron chi connectivity index (χ4n) is 3.52. The van der Waals surface area contributed by atoms with Crippen molar-refractivity contribution in [2.75, 3.05) is 35.6 Å². The molecule has 0 atom stereocenters. The Kier molecular flexibility index (Phi) is 7.06. The normalized spacial score (nSPS) is 13.1. The van der Waals surface area contributed by atoms with Gasteiger partial charge in [0.2, 0.25) is 5.95 Å². The number of halogens is 1. The SMILES string of the molecule is O=C(Nc1cccc(Nc2ncc(Br)c(NCCc3cccc(O)c3)n2)c1)N1CCCC1. The highest BCUT2D eigenvalue weighted by atomic mass is 79.9. The van der Waals surface area contributed by atoms with Crippen LogP contribution in [0.15, 0.2) is 59.2 Å². The fourth-order valence-corrected chi connectivity index (χ4v) is 3.85. The molecule has 1 aliphatic rings. The van der Waals surface area contributed by atoms with Gasteiger partial charge in [-0.25, -0.2) is 9.78 Å². The molecule has 0 radical (unpaired) electrons. The molecule has 8 nitrogen and oxygen atoms in total. The molecule has 0 bridgehead atoms. The van der Waals surface area contributed by atoms with E-state index in [-0.39, 0.29) is 11.8 Å². The molecule has 2 amide bonds. The lowest BCUT2D eigenvalue weighted by molar-refractivity contribution is 0.222. The van der Waals surface area contributed by atoms with Crippen molar-refractivity contribution >= 4 is 45.1 Å². The number of anilines is 4. The third kappa shape index (κ3) is 5.88. The van der Waals surface area contributed by atoms with Crippen LogP contribution in [0.2, 0.25) is 0 Å². The molecule has 0 spiro atoms. The number of rotatable bonds is 7. The van der Waals surface area contributed by atoms with Gasteiger partial charge in [-0.05, 0) is 71.1 Å². The first-order valence-electron chi connectivity index (χ1n) is 10.5. The van der Waals surface area contributed by atoms with Gasteiger partial charge < -0.3 is 26.0 Å². The lowest BCUT2D eigenvalue weighted by Gasteiger charge is -2.16. The van der Waals surface area contributed by atoms with Crippen LogP contribution in [0.3, 0.4) is 0 Å². The molecule has 1 fully saturated rings. The maximum atomic E-state index is 12.3. The van der Waals surface area contributed by atoms with E-state index in [1.807, 2.05) is 41.3 Å². The van der Waals surface area contributed by atoms with E-state index in [1.165, 1.54) is 0 Å². The van der Waals surface area contributed by atoms with E-state index in [0.717, 1.165) is 48.1 Å². The fraction of sp³-hybridized carbons (Fsp3) is 0.261. The summed E-state index contributed by atoms with van der Waals surface area (Å²) in [4.78, 5) is 23.0. The van der Waals surface area contributed by atoms with Crippen LogP contribution in [-0.2, 0) is 6.42 Å². The summed E-state index contributed by atoms with van der Waals surface area (Å²) in [6, 6.07) is 14.6. The molecule has 3 aromatic rings. The van der Waals surface area contributed by atoms with Gasteiger partial charge in [0.1, 0.15) is 11.6 Å². The minimum atomic E-state index is -0.0715. The first-order chi connectivity index (χ1) is 15.6. The van der Waals surface area contributed by atoms with Gasteiger partial charge >= 0.3 is 6.03 Å². The number of aromatic hydroxyl groups is 1. The van der Waals surface area contributed by atoms with E-state index in [0.29, 0.717) is 24.0 Å². The molecule has 4 rings (SSSR count). The number of hydrogen-bond donors (Lipinski definition) is 4. The number of nitrogens with zero attached hydrogens (tertiary/aromatic N) is 3. The number of carbonyl (C=O) groups is 1. The van der Waals surface area contributed by atoms with E-state index in [4.69, 9.17) is 0 Å². The van der Waals surface area contributed by atoms with Gasteiger partial charge in [0.15, 0.2) is 0 Å². The number of aromatic nitrogens is 2. The van der Waals surface area contributed by atoms with Crippen LogP contribution in [0.25, 0.3) is 0 Å². The van der Waals surface area contributed by atoms with Crippen molar-refractivity contribution in [3.63, 3.8) is 0 Å². The maximum Gasteiger partial charge on any atom is 0.321 e. The zero-order chi connectivity index (χ0) is 22.3. The van der Waals surface area contributed by atoms with E-state index in [1.54, 1.807) is 18.3 Å². The molecule has 1 saturated heterocycles. The van der Waals surface area contributed by atoms with Crippen LogP contribution in [0.5, 0.6) is 5.75 Å². The molecule has 9 heteroatoms. The summed E-state index contributed by atoms with van der Waals surface area (Å²) in [5.74, 6) is 1.37. The summed E-state index contributed by atoms with van der Waals surface area (Å²) in [6.07, 6.45) is 4.54. The second kappa shape index (κ2) is 10.3. The summed E-state index contributed by atoms with van der Waals surface area (Å²) in [6.45, 7) is 2.26. The van der Waals surface area contributed by atoms with Crippen molar-refractivity contribution in [3.05, 3.63) is 64.8 Å². The van der Waals surface area contributed by atoms with Crippen molar-refractivity contribution < 1.29 is 9.90 Å². The van der Waals surface area contributed by atoms with Crippen molar-refractivity contribution in [2.24, 2.45) is 0 Å². The number of phenols is 1. The number of nitrogens with one attached hydrogen (secondary N) is 3. The van der Waals surface area contributed by atoms with Gasteiger partial charge in [-0.3, -0.25) is 0 Å². The molecule has 0 saturated carbocycles. The first kappa shape index (κ1) is 21.9. The van der Waals surface area contributed by atoms with Crippen LogP contribution in [0.1, 0.15) is 18.4 Å². The number of hydrogen-bond acceptors (Lipinski definition) is 6. The maximum absolute atomic E-state index is 12.3. The van der Waals surface area contributed by atoms with Crippen LogP contribution >= 0.6 is 15.9 Å². The quantitative estimate of drug-likeness (QED) is 0.368. The van der Waals surface area contributed by atoms with Gasteiger partial charge in [-0.15, -0.1) is 0 Å². The Labute approximate surface area is 195 Å². The minimum Gasteiger partial charge on any atom is -0.508 e. The Morgan fingerprint density at radius 3 is 2.69 bits per heavy atom. The summed E-state index contributed by atoms with van der Waals surface area (Å²) in [7, 11) is 0. The van der Waals surface area contributed by atoms with E-state index < -0.39 is 0 Å². The molecule has 4 N–H and O–H groups in total. The summed E-state index contributed by atoms with van der Waals surface area (Å²) in [5.41, 5.74) is 2.53. The van der Waals surface area contributed by atoms with E-state index >= 15 is 0 Å². The Morgan fingerprint density at radius 1 is 1.09 bits per heavy atom. The average Bonchev–Trinajstić information content (AvgIpc) is 3.32. The Morgan fingerprint density at radius 2 is 1.88 bits per heavy atom. The van der Waals surface area contributed by atoms with Crippen molar-refractivity contribution in [3.8, 4) is 5.75 Å². The molecule has 1 aromatic heterocycles. The van der Waals surface area contributed by atoms with Gasteiger partial charge in [0.05, 0.1) is 4.47 Å². The monoisotopic (exact) mass is 496 g/mol. The van der Waals surface area contributed by atoms with Crippen LogP contribution < -0.4 is 16.0 Å². The molecule has 166 valence electrons. The molecular formula is C23H25BrN6O2.